The van der Waals surface area contributed by atoms with Gasteiger partial charge in [-0.2, -0.15) is 0 Å². The van der Waals surface area contributed by atoms with E-state index in [2.05, 4.69) is 4.74 Å². The summed E-state index contributed by atoms with van der Waals surface area (Å²) in [6.45, 7) is 3.13. The average Bonchev–Trinajstić information content (AvgIpc) is 2.46. The van der Waals surface area contributed by atoms with Crippen LogP contribution in [-0.2, 0) is 9.53 Å². The molecule has 0 atom stereocenters. The Bertz CT molecular complexity index is 516. The van der Waals surface area contributed by atoms with E-state index in [9.17, 15) is 19.1 Å². The van der Waals surface area contributed by atoms with Crippen molar-refractivity contribution in [3.8, 4) is 0 Å². The lowest BCUT2D eigenvalue weighted by Gasteiger charge is -2.37. The van der Waals surface area contributed by atoms with E-state index in [1.54, 1.807) is 13.8 Å². The number of amides is 1. The first-order valence-corrected chi connectivity index (χ1v) is 6.57. The molecule has 0 aliphatic carbocycles. The number of hydrogen-bond acceptors (Lipinski definition) is 4. The van der Waals surface area contributed by atoms with E-state index in [0.717, 1.165) is 6.07 Å². The monoisotopic (exact) mass is 297 g/mol. The number of halogens is 1. The number of nitrogens with zero attached hydrogens (tertiary/aromatic N) is 1. The Morgan fingerprint density at radius 2 is 2.05 bits per heavy atom. The summed E-state index contributed by atoms with van der Waals surface area (Å²) < 4.78 is 17.8. The molecule has 1 rings (SSSR count). The first-order chi connectivity index (χ1) is 9.81. The van der Waals surface area contributed by atoms with Crippen LogP contribution >= 0.6 is 0 Å². The van der Waals surface area contributed by atoms with Crippen LogP contribution in [0.25, 0.3) is 0 Å². The molecule has 6 heteroatoms. The van der Waals surface area contributed by atoms with E-state index in [-0.39, 0.29) is 25.1 Å². The Morgan fingerprint density at radius 3 is 2.57 bits per heavy atom. The van der Waals surface area contributed by atoms with Crippen molar-refractivity contribution in [2.75, 3.05) is 20.3 Å². The second kappa shape index (κ2) is 7.17. The highest BCUT2D eigenvalue weighted by atomic mass is 19.1. The van der Waals surface area contributed by atoms with Crippen molar-refractivity contribution in [1.29, 1.82) is 0 Å². The van der Waals surface area contributed by atoms with Gasteiger partial charge in [-0.1, -0.05) is 6.07 Å². The van der Waals surface area contributed by atoms with Gasteiger partial charge >= 0.3 is 5.97 Å². The highest BCUT2D eigenvalue weighted by Gasteiger charge is 2.31. The van der Waals surface area contributed by atoms with Gasteiger partial charge in [0.2, 0.25) is 0 Å². The fourth-order valence-corrected chi connectivity index (χ4v) is 1.85. The van der Waals surface area contributed by atoms with Gasteiger partial charge in [0.15, 0.2) is 0 Å². The molecule has 0 saturated carbocycles. The minimum absolute atomic E-state index is 0.000978. The van der Waals surface area contributed by atoms with Crippen LogP contribution in [0, 0.1) is 5.82 Å². The topological polar surface area (TPSA) is 66.8 Å². The maximum absolute atomic E-state index is 13.2. The number of methoxy groups -OCH3 is 1. The van der Waals surface area contributed by atoms with E-state index in [4.69, 9.17) is 0 Å². The van der Waals surface area contributed by atoms with Crippen LogP contribution in [0.4, 0.5) is 4.39 Å². The smallest absolute Gasteiger partial charge is 0.307 e. The van der Waals surface area contributed by atoms with E-state index in [1.165, 1.54) is 30.2 Å². The van der Waals surface area contributed by atoms with Crippen molar-refractivity contribution < 1.29 is 23.8 Å². The molecule has 0 aliphatic heterocycles. The second-order valence-electron chi connectivity index (χ2n) is 5.26. The lowest BCUT2D eigenvalue weighted by molar-refractivity contribution is -0.141. The lowest BCUT2D eigenvalue weighted by atomic mass is 10.0. The first-order valence-electron chi connectivity index (χ1n) is 6.57. The van der Waals surface area contributed by atoms with Crippen molar-refractivity contribution in [3.63, 3.8) is 0 Å². The summed E-state index contributed by atoms with van der Waals surface area (Å²) in [4.78, 5) is 25.1. The summed E-state index contributed by atoms with van der Waals surface area (Å²) in [6, 6.07) is 5.30. The zero-order valence-corrected chi connectivity index (χ0v) is 12.4. The Morgan fingerprint density at radius 1 is 1.38 bits per heavy atom. The van der Waals surface area contributed by atoms with Crippen molar-refractivity contribution in [1.82, 2.24) is 4.90 Å². The number of carbonyl (C=O) groups is 2. The first kappa shape index (κ1) is 17.1. The lowest BCUT2D eigenvalue weighted by Crippen LogP contribution is -2.51. The molecule has 21 heavy (non-hydrogen) atoms. The Hall–Kier alpha value is -1.95. The van der Waals surface area contributed by atoms with Crippen LogP contribution in [-0.4, -0.2) is 47.7 Å². The van der Waals surface area contributed by atoms with Gasteiger partial charge < -0.3 is 14.7 Å². The third-order valence-electron chi connectivity index (χ3n) is 3.20. The van der Waals surface area contributed by atoms with Crippen molar-refractivity contribution >= 4 is 11.9 Å². The molecule has 0 unspecified atom stereocenters. The molecule has 0 fully saturated rings. The largest absolute Gasteiger partial charge is 0.469 e. The van der Waals surface area contributed by atoms with Gasteiger partial charge in [-0.25, -0.2) is 4.39 Å². The van der Waals surface area contributed by atoms with Crippen molar-refractivity contribution in [3.05, 3.63) is 35.6 Å². The Balaban J connectivity index is 3.00. The number of esters is 1. The highest BCUT2D eigenvalue weighted by molar-refractivity contribution is 5.95. The maximum Gasteiger partial charge on any atom is 0.307 e. The van der Waals surface area contributed by atoms with Gasteiger partial charge in [0, 0.05) is 12.1 Å². The van der Waals surface area contributed by atoms with Crippen LogP contribution in [0.5, 0.6) is 0 Å². The van der Waals surface area contributed by atoms with Crippen LogP contribution in [0.3, 0.4) is 0 Å². The van der Waals surface area contributed by atoms with E-state index in [1.807, 2.05) is 0 Å². The molecule has 1 amide bonds. The fourth-order valence-electron chi connectivity index (χ4n) is 1.85. The number of ether oxygens (including phenoxy) is 1. The molecule has 0 bridgehead atoms. The fraction of sp³-hybridized carbons (Fsp3) is 0.467. The number of hydrogen-bond donors (Lipinski definition) is 1. The number of aliphatic hydroxyl groups is 1. The molecule has 1 aromatic carbocycles. The van der Waals surface area contributed by atoms with Gasteiger partial charge in [0.1, 0.15) is 5.82 Å². The van der Waals surface area contributed by atoms with Crippen molar-refractivity contribution in [2.24, 2.45) is 0 Å². The van der Waals surface area contributed by atoms with Gasteiger partial charge in [-0.05, 0) is 32.0 Å². The molecule has 0 aliphatic rings. The SMILES string of the molecule is COC(=O)CCN(C(=O)c1cccc(F)c1)C(C)(C)CO. The Kier molecular flexibility index (Phi) is 5.84. The van der Waals surface area contributed by atoms with Crippen LogP contribution < -0.4 is 0 Å². The summed E-state index contributed by atoms with van der Waals surface area (Å²) in [6.07, 6.45) is 0.000978. The van der Waals surface area contributed by atoms with E-state index in [0.29, 0.717) is 0 Å². The standard InChI is InChI=1S/C15H20FNO4/c1-15(2,10-18)17(8-7-13(19)21-3)14(20)11-5-4-6-12(16)9-11/h4-6,9,18H,7-8,10H2,1-3H3. The van der Waals surface area contributed by atoms with E-state index >= 15 is 0 Å². The van der Waals surface area contributed by atoms with Gasteiger partial charge in [-0.15, -0.1) is 0 Å². The number of rotatable bonds is 6. The average molecular weight is 297 g/mol. The zero-order valence-electron chi connectivity index (χ0n) is 12.4. The highest BCUT2D eigenvalue weighted by Crippen LogP contribution is 2.19. The minimum Gasteiger partial charge on any atom is -0.469 e. The molecule has 1 N–H and O–H groups in total. The van der Waals surface area contributed by atoms with Gasteiger partial charge in [0.05, 0.1) is 25.7 Å². The van der Waals surface area contributed by atoms with Gasteiger partial charge in [-0.3, -0.25) is 9.59 Å². The predicted octanol–water partition coefficient (Wildman–Crippen LogP) is 1.60. The maximum atomic E-state index is 13.2. The minimum atomic E-state index is -0.878. The summed E-state index contributed by atoms with van der Waals surface area (Å²) in [5, 5.41) is 9.45. The molecule has 0 spiro atoms. The number of benzene rings is 1. The zero-order chi connectivity index (χ0) is 16.0. The molecule has 0 heterocycles. The van der Waals surface area contributed by atoms with Gasteiger partial charge in [0.25, 0.3) is 5.91 Å². The van der Waals surface area contributed by atoms with E-state index < -0.39 is 23.2 Å². The normalized spacial score (nSPS) is 11.1. The van der Waals surface area contributed by atoms with Crippen LogP contribution in [0.15, 0.2) is 24.3 Å². The molecule has 0 aromatic heterocycles. The third kappa shape index (κ3) is 4.53. The molecule has 1 aromatic rings. The predicted molar refractivity (Wildman–Crippen MR) is 75.2 cm³/mol. The quantitative estimate of drug-likeness (QED) is 0.810. The molecule has 0 saturated heterocycles. The molecular weight excluding hydrogens is 277 g/mol. The molecular formula is C15H20FNO4. The third-order valence-corrected chi connectivity index (χ3v) is 3.20. The summed E-state index contributed by atoms with van der Waals surface area (Å²) in [5.41, 5.74) is -0.710. The molecule has 5 nitrogen and oxygen atoms in total. The Labute approximate surface area is 123 Å². The summed E-state index contributed by atoms with van der Waals surface area (Å²) in [5.74, 6) is -1.42. The summed E-state index contributed by atoms with van der Waals surface area (Å²) in [7, 11) is 1.26. The van der Waals surface area contributed by atoms with Crippen LogP contribution in [0.2, 0.25) is 0 Å². The molecule has 116 valence electrons. The number of carbonyl (C=O) groups excluding carboxylic acids is 2. The number of aliphatic hydroxyl groups excluding tert-OH is 1. The van der Waals surface area contributed by atoms with Crippen LogP contribution in [0.1, 0.15) is 30.6 Å². The summed E-state index contributed by atoms with van der Waals surface area (Å²) >= 11 is 0. The van der Waals surface area contributed by atoms with Crippen molar-refractivity contribution in [2.45, 2.75) is 25.8 Å². The molecule has 0 radical (unpaired) electrons. The second-order valence-corrected chi connectivity index (χ2v) is 5.26.